The molecule has 0 fully saturated rings. The predicted molar refractivity (Wildman–Crippen MR) is 84.0 cm³/mol. The molecule has 0 N–H and O–H groups in total. The average Bonchev–Trinajstić information content (AvgIpc) is 2.39. The number of methoxy groups -OCH3 is 1. The van der Waals surface area contributed by atoms with Gasteiger partial charge in [0.1, 0.15) is 5.75 Å². The summed E-state index contributed by atoms with van der Waals surface area (Å²) in [5.41, 5.74) is 3.75. The van der Waals surface area contributed by atoms with Gasteiger partial charge in [-0.15, -0.1) is 0 Å². The first-order chi connectivity index (χ1) is 9.10. The smallest absolute Gasteiger partial charge is 0.133 e. The number of hydrogen-bond acceptors (Lipinski definition) is 2. The van der Waals surface area contributed by atoms with E-state index in [1.165, 1.54) is 16.8 Å². The van der Waals surface area contributed by atoms with Crippen LogP contribution in [0.3, 0.4) is 0 Å². The largest absolute Gasteiger partial charge is 0.496 e. The summed E-state index contributed by atoms with van der Waals surface area (Å²) < 4.78 is 6.23. The van der Waals surface area contributed by atoms with Crippen molar-refractivity contribution in [2.24, 2.45) is 0 Å². The van der Waals surface area contributed by atoms with E-state index in [0.717, 1.165) is 16.8 Å². The Labute approximate surface area is 123 Å². The van der Waals surface area contributed by atoms with Gasteiger partial charge >= 0.3 is 0 Å². The lowest BCUT2D eigenvalue weighted by Gasteiger charge is -2.20. The minimum atomic E-state index is 0.863. The lowest BCUT2D eigenvalue weighted by Crippen LogP contribution is -2.16. The van der Waals surface area contributed by atoms with Crippen molar-refractivity contribution in [3.63, 3.8) is 0 Å². The van der Waals surface area contributed by atoms with Crippen molar-refractivity contribution in [3.05, 3.63) is 58.1 Å². The molecule has 0 spiro atoms. The van der Waals surface area contributed by atoms with Crippen molar-refractivity contribution in [2.75, 3.05) is 19.1 Å². The highest BCUT2D eigenvalue weighted by molar-refractivity contribution is 9.10. The van der Waals surface area contributed by atoms with E-state index in [0.29, 0.717) is 0 Å². The fraction of sp³-hybridized carbons (Fsp3) is 0.250. The van der Waals surface area contributed by atoms with E-state index in [9.17, 15) is 0 Å². The molecule has 2 nitrogen and oxygen atoms in total. The van der Waals surface area contributed by atoms with E-state index in [1.807, 2.05) is 6.07 Å². The Balaban J connectivity index is 2.12. The molecule has 0 amide bonds. The van der Waals surface area contributed by atoms with Gasteiger partial charge in [0, 0.05) is 19.3 Å². The van der Waals surface area contributed by atoms with Crippen LogP contribution in [0.15, 0.2) is 46.9 Å². The van der Waals surface area contributed by atoms with Crippen molar-refractivity contribution in [2.45, 2.75) is 13.5 Å². The van der Waals surface area contributed by atoms with Crippen LogP contribution in [0.25, 0.3) is 0 Å². The summed E-state index contributed by atoms with van der Waals surface area (Å²) in [7, 11) is 3.78. The maximum absolute atomic E-state index is 5.24. The molecule has 0 atom stereocenters. The Bertz CT molecular complexity index is 551. The van der Waals surface area contributed by atoms with Crippen LogP contribution in [0, 0.1) is 6.92 Å². The van der Waals surface area contributed by atoms with Crippen LogP contribution in [0.2, 0.25) is 0 Å². The third kappa shape index (κ3) is 3.51. The zero-order chi connectivity index (χ0) is 13.8. The normalized spacial score (nSPS) is 10.3. The van der Waals surface area contributed by atoms with Crippen LogP contribution in [0.5, 0.6) is 5.75 Å². The van der Waals surface area contributed by atoms with Crippen molar-refractivity contribution >= 4 is 21.6 Å². The molecule has 2 rings (SSSR count). The zero-order valence-electron chi connectivity index (χ0n) is 11.5. The second-order valence-corrected chi connectivity index (χ2v) is 5.51. The number of halogens is 1. The molecule has 0 bridgehead atoms. The Morgan fingerprint density at radius 2 is 1.79 bits per heavy atom. The van der Waals surface area contributed by atoms with Crippen LogP contribution in [0.1, 0.15) is 11.1 Å². The van der Waals surface area contributed by atoms with Gasteiger partial charge in [0.15, 0.2) is 0 Å². The standard InChI is InChI=1S/C16H18BrNO/c1-12-4-7-14(8-5-12)18(2)11-13-6-9-16(19-3)15(17)10-13/h4-10H,11H2,1-3H3. The van der Waals surface area contributed by atoms with Gasteiger partial charge in [-0.2, -0.15) is 0 Å². The van der Waals surface area contributed by atoms with E-state index in [4.69, 9.17) is 4.74 Å². The molecule has 0 radical (unpaired) electrons. The molecule has 3 heteroatoms. The Morgan fingerprint density at radius 1 is 1.11 bits per heavy atom. The minimum Gasteiger partial charge on any atom is -0.496 e. The number of ether oxygens (including phenoxy) is 1. The Hall–Kier alpha value is -1.48. The monoisotopic (exact) mass is 319 g/mol. The van der Waals surface area contributed by atoms with Gasteiger partial charge in [-0.25, -0.2) is 0 Å². The van der Waals surface area contributed by atoms with Gasteiger partial charge in [-0.1, -0.05) is 23.8 Å². The quantitative estimate of drug-likeness (QED) is 0.828. The van der Waals surface area contributed by atoms with Crippen LogP contribution in [-0.2, 0) is 6.54 Å². The molecule has 2 aromatic rings. The summed E-state index contributed by atoms with van der Waals surface area (Å²) >= 11 is 3.52. The van der Waals surface area contributed by atoms with Crippen molar-refractivity contribution in [1.82, 2.24) is 0 Å². The first-order valence-electron chi connectivity index (χ1n) is 6.20. The third-order valence-corrected chi connectivity index (χ3v) is 3.73. The zero-order valence-corrected chi connectivity index (χ0v) is 13.1. The molecule has 0 saturated carbocycles. The van der Waals surface area contributed by atoms with Crippen LogP contribution >= 0.6 is 15.9 Å². The van der Waals surface area contributed by atoms with Crippen LogP contribution in [-0.4, -0.2) is 14.2 Å². The van der Waals surface area contributed by atoms with Crippen LogP contribution in [0.4, 0.5) is 5.69 Å². The summed E-state index contributed by atoms with van der Waals surface area (Å²) in [5.74, 6) is 0.863. The fourth-order valence-corrected chi connectivity index (χ4v) is 2.56. The molecule has 0 heterocycles. The average molecular weight is 320 g/mol. The third-order valence-electron chi connectivity index (χ3n) is 3.11. The van der Waals surface area contributed by atoms with Crippen molar-refractivity contribution < 1.29 is 4.74 Å². The number of anilines is 1. The van der Waals surface area contributed by atoms with Crippen LogP contribution < -0.4 is 9.64 Å². The predicted octanol–water partition coefficient (Wildman–Crippen LogP) is 4.40. The highest BCUT2D eigenvalue weighted by Crippen LogP contribution is 2.26. The molecule has 0 aromatic heterocycles. The number of hydrogen-bond donors (Lipinski definition) is 0. The molecule has 0 aliphatic heterocycles. The number of nitrogens with zero attached hydrogens (tertiary/aromatic N) is 1. The maximum Gasteiger partial charge on any atom is 0.133 e. The molecule has 0 aliphatic rings. The molecule has 0 saturated heterocycles. The second-order valence-electron chi connectivity index (χ2n) is 4.66. The molecular weight excluding hydrogens is 302 g/mol. The minimum absolute atomic E-state index is 0.863. The van der Waals surface area contributed by atoms with E-state index in [1.54, 1.807) is 7.11 Å². The highest BCUT2D eigenvalue weighted by atomic mass is 79.9. The molecular formula is C16H18BrNO. The summed E-state index contributed by atoms with van der Waals surface area (Å²) in [6.45, 7) is 2.97. The summed E-state index contributed by atoms with van der Waals surface area (Å²) in [4.78, 5) is 2.23. The topological polar surface area (TPSA) is 12.5 Å². The van der Waals surface area contributed by atoms with E-state index in [-0.39, 0.29) is 0 Å². The van der Waals surface area contributed by atoms with E-state index >= 15 is 0 Å². The fourth-order valence-electron chi connectivity index (χ4n) is 1.97. The lowest BCUT2D eigenvalue weighted by atomic mass is 10.2. The second kappa shape index (κ2) is 6.11. The van der Waals surface area contributed by atoms with Crippen molar-refractivity contribution in [3.8, 4) is 5.75 Å². The van der Waals surface area contributed by atoms with Gasteiger partial charge < -0.3 is 9.64 Å². The summed E-state index contributed by atoms with van der Waals surface area (Å²) in [6, 6.07) is 14.7. The Morgan fingerprint density at radius 3 is 2.37 bits per heavy atom. The first kappa shape index (κ1) is 13.9. The Kier molecular flexibility index (Phi) is 4.48. The number of benzene rings is 2. The molecule has 100 valence electrons. The lowest BCUT2D eigenvalue weighted by molar-refractivity contribution is 0.412. The SMILES string of the molecule is COc1ccc(CN(C)c2ccc(C)cc2)cc1Br. The highest BCUT2D eigenvalue weighted by Gasteiger charge is 2.05. The van der Waals surface area contributed by atoms with Gasteiger partial charge in [-0.05, 0) is 52.7 Å². The van der Waals surface area contributed by atoms with Gasteiger partial charge in [0.2, 0.25) is 0 Å². The van der Waals surface area contributed by atoms with E-state index < -0.39 is 0 Å². The maximum atomic E-state index is 5.24. The van der Waals surface area contributed by atoms with E-state index in [2.05, 4.69) is 71.2 Å². The van der Waals surface area contributed by atoms with Crippen molar-refractivity contribution in [1.29, 1.82) is 0 Å². The number of rotatable bonds is 4. The van der Waals surface area contributed by atoms with Gasteiger partial charge in [-0.3, -0.25) is 0 Å². The summed E-state index contributed by atoms with van der Waals surface area (Å²) in [5, 5.41) is 0. The molecule has 19 heavy (non-hydrogen) atoms. The molecule has 0 unspecified atom stereocenters. The summed E-state index contributed by atoms with van der Waals surface area (Å²) in [6.07, 6.45) is 0. The van der Waals surface area contributed by atoms with Gasteiger partial charge in [0.05, 0.1) is 11.6 Å². The molecule has 2 aromatic carbocycles. The first-order valence-corrected chi connectivity index (χ1v) is 6.99. The molecule has 0 aliphatic carbocycles. The number of aryl methyl sites for hydroxylation is 1. The van der Waals surface area contributed by atoms with Gasteiger partial charge in [0.25, 0.3) is 0 Å².